The number of fused-ring (bicyclic) bond motifs is 2. The normalized spacial score (nSPS) is 14.6. The summed E-state index contributed by atoms with van der Waals surface area (Å²) in [5.41, 5.74) is 9.01. The maximum atomic E-state index is 12.4. The van der Waals surface area contributed by atoms with Gasteiger partial charge in [0.15, 0.2) is 5.16 Å². The molecule has 0 spiro atoms. The first kappa shape index (κ1) is 15.1. The summed E-state index contributed by atoms with van der Waals surface area (Å²) in [5, 5.41) is 0.752. The fourth-order valence-electron chi connectivity index (χ4n) is 2.56. The summed E-state index contributed by atoms with van der Waals surface area (Å²) in [5.74, 6) is 1.22. The van der Waals surface area contributed by atoms with Crippen LogP contribution in [0.5, 0.6) is 0 Å². The second kappa shape index (κ2) is 5.88. The van der Waals surface area contributed by atoms with Gasteiger partial charge in [0, 0.05) is 28.9 Å². The Kier molecular flexibility index (Phi) is 3.70. The molecule has 4 rings (SSSR count). The summed E-state index contributed by atoms with van der Waals surface area (Å²) in [6.07, 6.45) is 3.50. The first-order chi connectivity index (χ1) is 11.7. The van der Waals surface area contributed by atoms with Crippen LogP contribution in [0.3, 0.4) is 0 Å². The minimum absolute atomic E-state index is 0.352. The maximum absolute atomic E-state index is 12.4. The molecule has 0 atom stereocenters. The molecule has 2 aromatic heterocycles. The molecule has 0 fully saturated rings. The van der Waals surface area contributed by atoms with Crippen LogP contribution < -0.4 is 11.3 Å². The number of para-hydroxylation sites is 1. The van der Waals surface area contributed by atoms with Crippen molar-refractivity contribution in [2.75, 3.05) is 11.5 Å². The molecule has 6 nitrogen and oxygen atoms in total. The van der Waals surface area contributed by atoms with Crippen molar-refractivity contribution in [3.8, 4) is 0 Å². The van der Waals surface area contributed by atoms with Crippen LogP contribution in [0.1, 0.15) is 18.1 Å². The molecule has 1 aromatic carbocycles. The van der Waals surface area contributed by atoms with Gasteiger partial charge in [-0.15, -0.1) is 0 Å². The molecule has 0 saturated heterocycles. The minimum atomic E-state index is -0.352. The zero-order chi connectivity index (χ0) is 16.7. The number of hydrogen-bond donors (Lipinski definition) is 1. The number of nitrogen functional groups attached to an aromatic ring is 1. The monoisotopic (exact) mass is 355 g/mol. The number of aromatic nitrogens is 3. The van der Waals surface area contributed by atoms with E-state index in [4.69, 9.17) is 5.73 Å². The number of benzene rings is 1. The highest BCUT2D eigenvalue weighted by Crippen LogP contribution is 2.33. The lowest BCUT2D eigenvalue weighted by Crippen LogP contribution is -2.16. The SMILES string of the molecule is CCSc1nsc2nc(=O)c(C=C3C=Nc4ccccc43)c(N)n12. The molecule has 8 heteroatoms. The average molecular weight is 355 g/mol. The molecule has 0 saturated carbocycles. The molecule has 3 heterocycles. The van der Waals surface area contributed by atoms with Crippen molar-refractivity contribution >= 4 is 57.6 Å². The summed E-state index contributed by atoms with van der Waals surface area (Å²) >= 11 is 2.74. The first-order valence-corrected chi connectivity index (χ1v) is 9.11. The highest BCUT2D eigenvalue weighted by molar-refractivity contribution is 7.99. The van der Waals surface area contributed by atoms with E-state index in [-0.39, 0.29) is 5.56 Å². The molecular weight excluding hydrogens is 342 g/mol. The van der Waals surface area contributed by atoms with Crippen molar-refractivity contribution in [1.82, 2.24) is 13.8 Å². The zero-order valence-corrected chi connectivity index (χ0v) is 14.4. The lowest BCUT2D eigenvalue weighted by Gasteiger charge is -2.06. The quantitative estimate of drug-likeness (QED) is 0.730. The Labute approximate surface area is 145 Å². The van der Waals surface area contributed by atoms with E-state index in [0.717, 1.165) is 27.7 Å². The van der Waals surface area contributed by atoms with Crippen molar-refractivity contribution in [3.63, 3.8) is 0 Å². The van der Waals surface area contributed by atoms with Crippen LogP contribution in [0, 0.1) is 0 Å². The third-order valence-corrected chi connectivity index (χ3v) is 5.30. The summed E-state index contributed by atoms with van der Waals surface area (Å²) in [4.78, 5) is 21.4. The van der Waals surface area contributed by atoms with Gasteiger partial charge in [-0.1, -0.05) is 36.9 Å². The number of hydrogen-bond acceptors (Lipinski definition) is 7. The molecule has 0 unspecified atom stereocenters. The van der Waals surface area contributed by atoms with Gasteiger partial charge in [-0.05, 0) is 17.9 Å². The standard InChI is InChI=1S/C16H13N5OS2/c1-2-23-16-20-24-15-19-14(22)11(13(17)21(15)16)7-9-8-18-12-6-4-3-5-10(9)12/h3-8H,2,17H2,1H3. The molecule has 1 aliphatic rings. The molecular formula is C16H13N5OS2. The van der Waals surface area contributed by atoms with Crippen LogP contribution in [0.15, 0.2) is 39.2 Å². The van der Waals surface area contributed by atoms with Gasteiger partial charge >= 0.3 is 0 Å². The van der Waals surface area contributed by atoms with Crippen molar-refractivity contribution < 1.29 is 0 Å². The number of allylic oxidation sites excluding steroid dienone is 1. The summed E-state index contributed by atoms with van der Waals surface area (Å²) in [6, 6.07) is 7.78. The van der Waals surface area contributed by atoms with E-state index in [2.05, 4.69) is 14.3 Å². The van der Waals surface area contributed by atoms with E-state index in [1.54, 1.807) is 28.5 Å². The minimum Gasteiger partial charge on any atom is -0.384 e. The van der Waals surface area contributed by atoms with E-state index < -0.39 is 0 Å². The second-order valence-corrected chi connectivity index (χ2v) is 7.07. The van der Waals surface area contributed by atoms with E-state index in [0.29, 0.717) is 16.3 Å². The van der Waals surface area contributed by atoms with E-state index >= 15 is 0 Å². The average Bonchev–Trinajstić information content (AvgIpc) is 3.16. The van der Waals surface area contributed by atoms with Gasteiger partial charge in [-0.2, -0.15) is 9.36 Å². The largest absolute Gasteiger partial charge is 0.384 e. The van der Waals surface area contributed by atoms with Gasteiger partial charge in [-0.3, -0.25) is 9.79 Å². The topological polar surface area (TPSA) is 85.6 Å². The summed E-state index contributed by atoms with van der Waals surface area (Å²) in [7, 11) is 0. The smallest absolute Gasteiger partial charge is 0.283 e. The Morgan fingerprint density at radius 3 is 3.04 bits per heavy atom. The van der Waals surface area contributed by atoms with Gasteiger partial charge in [-0.25, -0.2) is 4.40 Å². The van der Waals surface area contributed by atoms with Crippen LogP contribution >= 0.6 is 23.3 Å². The molecule has 0 bridgehead atoms. The number of anilines is 1. The number of thioether (sulfide) groups is 1. The lowest BCUT2D eigenvalue weighted by atomic mass is 10.1. The number of nitrogens with two attached hydrogens (primary N) is 1. The van der Waals surface area contributed by atoms with Crippen LogP contribution in [-0.2, 0) is 0 Å². The summed E-state index contributed by atoms with van der Waals surface area (Å²) in [6.45, 7) is 2.04. The van der Waals surface area contributed by atoms with Gasteiger partial charge in [0.1, 0.15) is 5.82 Å². The van der Waals surface area contributed by atoms with Crippen LogP contribution in [0.25, 0.3) is 16.6 Å². The number of rotatable bonds is 3. The van der Waals surface area contributed by atoms with Crippen molar-refractivity contribution in [3.05, 3.63) is 45.7 Å². The molecule has 24 heavy (non-hydrogen) atoms. The molecule has 2 N–H and O–H groups in total. The highest BCUT2D eigenvalue weighted by atomic mass is 32.2. The fourth-order valence-corrected chi connectivity index (χ4v) is 4.15. The fraction of sp³-hybridized carbons (Fsp3) is 0.125. The van der Waals surface area contributed by atoms with E-state index in [1.165, 1.54) is 11.5 Å². The van der Waals surface area contributed by atoms with Crippen LogP contribution in [0.4, 0.5) is 11.5 Å². The van der Waals surface area contributed by atoms with Gasteiger partial charge < -0.3 is 5.73 Å². The maximum Gasteiger partial charge on any atom is 0.283 e. The second-order valence-electron chi connectivity index (χ2n) is 5.11. The van der Waals surface area contributed by atoms with E-state index in [9.17, 15) is 4.79 Å². The third-order valence-electron chi connectivity index (χ3n) is 3.66. The Bertz CT molecular complexity index is 1060. The Morgan fingerprint density at radius 2 is 2.21 bits per heavy atom. The highest BCUT2D eigenvalue weighted by Gasteiger charge is 2.17. The molecule has 3 aromatic rings. The van der Waals surface area contributed by atoms with Crippen LogP contribution in [0.2, 0.25) is 0 Å². The Hall–Kier alpha value is -2.45. The third kappa shape index (κ3) is 2.35. The molecule has 1 aliphatic heterocycles. The Morgan fingerprint density at radius 1 is 1.38 bits per heavy atom. The molecule has 120 valence electrons. The zero-order valence-electron chi connectivity index (χ0n) is 12.8. The van der Waals surface area contributed by atoms with Gasteiger partial charge in [0.25, 0.3) is 5.56 Å². The van der Waals surface area contributed by atoms with Crippen LogP contribution in [-0.4, -0.2) is 25.7 Å². The predicted octanol–water partition coefficient (Wildman–Crippen LogP) is 3.10. The predicted molar refractivity (Wildman–Crippen MR) is 100 cm³/mol. The van der Waals surface area contributed by atoms with Crippen molar-refractivity contribution in [2.24, 2.45) is 4.99 Å². The Balaban J connectivity index is 1.92. The van der Waals surface area contributed by atoms with Crippen molar-refractivity contribution in [2.45, 2.75) is 12.1 Å². The van der Waals surface area contributed by atoms with Gasteiger partial charge in [0.05, 0.1) is 11.3 Å². The van der Waals surface area contributed by atoms with Gasteiger partial charge in [0.2, 0.25) is 4.96 Å². The molecule has 0 amide bonds. The molecule has 0 aliphatic carbocycles. The van der Waals surface area contributed by atoms with E-state index in [1.807, 2.05) is 31.2 Å². The van der Waals surface area contributed by atoms with Crippen molar-refractivity contribution in [1.29, 1.82) is 0 Å². The lowest BCUT2D eigenvalue weighted by molar-refractivity contribution is 0.951. The molecule has 0 radical (unpaired) electrons. The number of aliphatic imine (C=N–C) groups is 1. The summed E-state index contributed by atoms with van der Waals surface area (Å²) < 4.78 is 6.08. The number of nitrogens with zero attached hydrogens (tertiary/aromatic N) is 4. The first-order valence-electron chi connectivity index (χ1n) is 7.35.